The van der Waals surface area contributed by atoms with Crippen molar-refractivity contribution in [1.29, 1.82) is 0 Å². The molecule has 1 unspecified atom stereocenters. The van der Waals surface area contributed by atoms with Crippen LogP contribution in [-0.4, -0.2) is 22.8 Å². The molecule has 0 aliphatic heterocycles. The second kappa shape index (κ2) is 6.16. The van der Waals surface area contributed by atoms with Gasteiger partial charge in [0.1, 0.15) is 5.75 Å². The van der Waals surface area contributed by atoms with Gasteiger partial charge in [-0.25, -0.2) is 0 Å². The summed E-state index contributed by atoms with van der Waals surface area (Å²) in [7, 11) is 0. The van der Waals surface area contributed by atoms with Crippen LogP contribution in [0, 0.1) is 6.92 Å². The summed E-state index contributed by atoms with van der Waals surface area (Å²) in [6.07, 6.45) is -5.78. The zero-order valence-electron chi connectivity index (χ0n) is 13.2. The van der Waals surface area contributed by atoms with Gasteiger partial charge in [0.2, 0.25) is 0 Å². The Hall–Kier alpha value is -2.96. The minimum Gasteiger partial charge on any atom is -0.470 e. The van der Waals surface area contributed by atoms with E-state index in [1.54, 1.807) is 25.3 Å². The SMILES string of the molecule is Cc1cn(-c2ccccc2)c2cccc(OC(C(N)=O)C(F)(F)F)c12. The first-order valence-electron chi connectivity index (χ1n) is 7.48. The minimum atomic E-state index is -4.89. The summed E-state index contributed by atoms with van der Waals surface area (Å²) in [5.41, 5.74) is 7.12. The number of benzene rings is 2. The van der Waals surface area contributed by atoms with Gasteiger partial charge in [0, 0.05) is 17.3 Å². The number of aromatic nitrogens is 1. The van der Waals surface area contributed by atoms with Crippen LogP contribution in [0.1, 0.15) is 5.56 Å². The van der Waals surface area contributed by atoms with Gasteiger partial charge in [-0.1, -0.05) is 24.3 Å². The highest BCUT2D eigenvalue weighted by Gasteiger charge is 2.46. The number of nitrogens with two attached hydrogens (primary N) is 1. The fourth-order valence-electron chi connectivity index (χ4n) is 2.76. The summed E-state index contributed by atoms with van der Waals surface area (Å²) in [4.78, 5) is 11.2. The zero-order valence-corrected chi connectivity index (χ0v) is 13.2. The maximum absolute atomic E-state index is 13.0. The second-order valence-electron chi connectivity index (χ2n) is 5.61. The van der Waals surface area contributed by atoms with Crippen molar-refractivity contribution in [3.8, 4) is 11.4 Å². The monoisotopic (exact) mass is 348 g/mol. The van der Waals surface area contributed by atoms with Crippen molar-refractivity contribution in [2.75, 3.05) is 0 Å². The van der Waals surface area contributed by atoms with Crippen molar-refractivity contribution in [3.05, 3.63) is 60.3 Å². The predicted molar refractivity (Wildman–Crippen MR) is 87.7 cm³/mol. The summed E-state index contributed by atoms with van der Waals surface area (Å²) >= 11 is 0. The van der Waals surface area contributed by atoms with Crippen LogP contribution in [-0.2, 0) is 4.79 Å². The summed E-state index contributed by atoms with van der Waals surface area (Å²) in [6.45, 7) is 1.77. The van der Waals surface area contributed by atoms with Gasteiger partial charge in [-0.2, -0.15) is 13.2 Å². The third kappa shape index (κ3) is 3.17. The Morgan fingerprint density at radius 2 is 1.80 bits per heavy atom. The van der Waals surface area contributed by atoms with E-state index in [4.69, 9.17) is 10.5 Å². The number of halogens is 3. The molecule has 0 fully saturated rings. The van der Waals surface area contributed by atoms with E-state index in [9.17, 15) is 18.0 Å². The molecule has 0 saturated carbocycles. The number of carbonyl (C=O) groups excluding carboxylic acids is 1. The molecule has 0 aliphatic rings. The van der Waals surface area contributed by atoms with Crippen molar-refractivity contribution in [2.45, 2.75) is 19.2 Å². The van der Waals surface area contributed by atoms with Crippen molar-refractivity contribution in [1.82, 2.24) is 4.57 Å². The average molecular weight is 348 g/mol. The highest BCUT2D eigenvalue weighted by molar-refractivity contribution is 5.91. The second-order valence-corrected chi connectivity index (χ2v) is 5.61. The lowest BCUT2D eigenvalue weighted by molar-refractivity contribution is -0.196. The van der Waals surface area contributed by atoms with Crippen LogP contribution >= 0.6 is 0 Å². The van der Waals surface area contributed by atoms with E-state index in [-0.39, 0.29) is 5.75 Å². The van der Waals surface area contributed by atoms with Gasteiger partial charge < -0.3 is 15.0 Å². The Morgan fingerprint density at radius 1 is 1.12 bits per heavy atom. The number of amides is 1. The Balaban J connectivity index is 2.12. The molecule has 0 saturated heterocycles. The lowest BCUT2D eigenvalue weighted by Crippen LogP contribution is -2.45. The molecule has 2 aromatic carbocycles. The van der Waals surface area contributed by atoms with Crippen LogP contribution in [0.25, 0.3) is 16.6 Å². The highest BCUT2D eigenvalue weighted by Crippen LogP contribution is 2.34. The lowest BCUT2D eigenvalue weighted by atomic mass is 10.1. The third-order valence-corrected chi connectivity index (χ3v) is 3.82. The Morgan fingerprint density at radius 3 is 2.40 bits per heavy atom. The minimum absolute atomic E-state index is 0.0363. The fraction of sp³-hybridized carbons (Fsp3) is 0.167. The molecule has 7 heteroatoms. The van der Waals surface area contributed by atoms with Gasteiger partial charge in [-0.15, -0.1) is 0 Å². The smallest absolute Gasteiger partial charge is 0.434 e. The first kappa shape index (κ1) is 16.9. The van der Waals surface area contributed by atoms with Gasteiger partial charge in [0.25, 0.3) is 12.0 Å². The predicted octanol–water partition coefficient (Wildman–Crippen LogP) is 3.73. The maximum Gasteiger partial charge on any atom is 0.434 e. The molecule has 25 heavy (non-hydrogen) atoms. The van der Waals surface area contributed by atoms with Gasteiger partial charge in [-0.3, -0.25) is 4.79 Å². The van der Waals surface area contributed by atoms with E-state index in [0.29, 0.717) is 10.9 Å². The van der Waals surface area contributed by atoms with Crippen LogP contribution < -0.4 is 10.5 Å². The lowest BCUT2D eigenvalue weighted by Gasteiger charge is -2.19. The molecule has 2 N–H and O–H groups in total. The van der Waals surface area contributed by atoms with E-state index in [0.717, 1.165) is 11.3 Å². The van der Waals surface area contributed by atoms with Gasteiger partial charge in [0.05, 0.1) is 5.52 Å². The van der Waals surface area contributed by atoms with E-state index in [2.05, 4.69) is 0 Å². The maximum atomic E-state index is 13.0. The largest absolute Gasteiger partial charge is 0.470 e. The van der Waals surface area contributed by atoms with Crippen molar-refractivity contribution < 1.29 is 22.7 Å². The van der Waals surface area contributed by atoms with Gasteiger partial charge >= 0.3 is 6.18 Å². The summed E-state index contributed by atoms with van der Waals surface area (Å²) in [5.74, 6) is -1.62. The molecular weight excluding hydrogens is 333 g/mol. The van der Waals surface area contributed by atoms with Crippen LogP contribution in [0.15, 0.2) is 54.7 Å². The molecule has 0 aliphatic carbocycles. The number of aryl methyl sites for hydroxylation is 1. The molecule has 1 aromatic heterocycles. The van der Waals surface area contributed by atoms with Crippen molar-refractivity contribution in [2.24, 2.45) is 5.73 Å². The number of carbonyl (C=O) groups is 1. The number of hydrogen-bond acceptors (Lipinski definition) is 2. The average Bonchev–Trinajstić information content (AvgIpc) is 2.90. The number of rotatable bonds is 4. The van der Waals surface area contributed by atoms with E-state index >= 15 is 0 Å². The van der Waals surface area contributed by atoms with E-state index in [1.807, 2.05) is 34.9 Å². The molecule has 1 atom stereocenters. The van der Waals surface area contributed by atoms with Crippen LogP contribution in [0.2, 0.25) is 0 Å². The van der Waals surface area contributed by atoms with E-state index in [1.165, 1.54) is 6.07 Å². The molecule has 0 radical (unpaired) electrons. The zero-order chi connectivity index (χ0) is 18.2. The van der Waals surface area contributed by atoms with Gasteiger partial charge in [0.15, 0.2) is 0 Å². The molecule has 130 valence electrons. The van der Waals surface area contributed by atoms with Crippen molar-refractivity contribution in [3.63, 3.8) is 0 Å². The number of ether oxygens (including phenoxy) is 1. The molecule has 0 spiro atoms. The molecule has 0 bridgehead atoms. The number of hydrogen-bond donors (Lipinski definition) is 1. The van der Waals surface area contributed by atoms with Crippen LogP contribution in [0.4, 0.5) is 13.2 Å². The first-order chi connectivity index (χ1) is 11.8. The topological polar surface area (TPSA) is 57.2 Å². The quantitative estimate of drug-likeness (QED) is 0.781. The summed E-state index contributed by atoms with van der Waals surface area (Å²) in [6, 6.07) is 14.1. The molecule has 3 aromatic rings. The number of nitrogens with zero attached hydrogens (tertiary/aromatic N) is 1. The standard InChI is InChI=1S/C18H15F3N2O2/c1-11-10-23(12-6-3-2-4-7-12)13-8-5-9-14(15(11)13)25-16(17(22)24)18(19,20)21/h2-10,16H,1H3,(H2,22,24). The first-order valence-corrected chi connectivity index (χ1v) is 7.48. The highest BCUT2D eigenvalue weighted by atomic mass is 19.4. The van der Waals surface area contributed by atoms with Crippen LogP contribution in [0.3, 0.4) is 0 Å². The molecule has 3 rings (SSSR count). The Bertz CT molecular complexity index is 917. The molecule has 1 amide bonds. The number of fused-ring (bicyclic) bond motifs is 1. The molecule has 4 nitrogen and oxygen atoms in total. The van der Waals surface area contributed by atoms with E-state index < -0.39 is 18.2 Å². The summed E-state index contributed by atoms with van der Waals surface area (Å²) < 4.78 is 45.8. The summed E-state index contributed by atoms with van der Waals surface area (Å²) in [5, 5.41) is 0.502. The number of alkyl halides is 3. The molecular formula is C18H15F3N2O2. The van der Waals surface area contributed by atoms with Gasteiger partial charge in [-0.05, 0) is 36.8 Å². The Kier molecular flexibility index (Phi) is 4.16. The normalized spacial score (nSPS) is 13.0. The number of para-hydroxylation sites is 1. The fourth-order valence-corrected chi connectivity index (χ4v) is 2.76. The van der Waals surface area contributed by atoms with Crippen molar-refractivity contribution >= 4 is 16.8 Å². The third-order valence-electron chi connectivity index (χ3n) is 3.82. The van der Waals surface area contributed by atoms with Crippen LogP contribution in [0.5, 0.6) is 5.75 Å². The Labute approximate surface area is 141 Å². The number of primary amides is 1. The molecule has 1 heterocycles.